The molecule has 6 heteroatoms. The van der Waals surface area contributed by atoms with Crippen LogP contribution in [0, 0.1) is 0 Å². The molecule has 6 nitrogen and oxygen atoms in total. The topological polar surface area (TPSA) is 78.9 Å². The average Bonchev–Trinajstić information content (AvgIpc) is 3.45. The summed E-state index contributed by atoms with van der Waals surface area (Å²) in [5.41, 5.74) is 0. The molecule has 0 N–H and O–H groups in total. The summed E-state index contributed by atoms with van der Waals surface area (Å²) in [5, 5.41) is 0. The second kappa shape index (κ2) is 65.8. The van der Waals surface area contributed by atoms with Crippen molar-refractivity contribution < 1.29 is 28.6 Å². The Morgan fingerprint density at radius 3 is 0.835 bits per heavy atom. The fraction of sp³-hybridized carbons (Fsp3) is 0.630. The molecule has 0 aromatic heterocycles. The third kappa shape index (κ3) is 64.0. The maximum Gasteiger partial charge on any atom is 0.306 e. The van der Waals surface area contributed by atoms with E-state index in [9.17, 15) is 14.4 Å². The third-order valence-electron chi connectivity index (χ3n) is 13.3. The Labute approximate surface area is 487 Å². The maximum absolute atomic E-state index is 12.9. The molecule has 0 aliphatic heterocycles. The predicted molar refractivity (Wildman–Crippen MR) is 343 cm³/mol. The number of unbranched alkanes of at least 4 members (excludes halogenated alkanes) is 22. The van der Waals surface area contributed by atoms with Crippen LogP contribution in [-0.2, 0) is 28.6 Å². The van der Waals surface area contributed by atoms with Crippen LogP contribution in [0.15, 0.2) is 146 Å². The first-order chi connectivity index (χ1) is 39.0. The summed E-state index contributed by atoms with van der Waals surface area (Å²) in [5.74, 6) is -1.01. The van der Waals surface area contributed by atoms with Crippen LogP contribution in [0.4, 0.5) is 0 Å². The summed E-state index contributed by atoms with van der Waals surface area (Å²) in [7, 11) is 0. The third-order valence-corrected chi connectivity index (χ3v) is 13.3. The highest BCUT2D eigenvalue weighted by atomic mass is 16.6. The number of carbonyl (C=O) groups is 3. The van der Waals surface area contributed by atoms with Crippen LogP contribution in [0.2, 0.25) is 0 Å². The molecule has 0 rings (SSSR count). The van der Waals surface area contributed by atoms with E-state index in [0.29, 0.717) is 19.3 Å². The highest BCUT2D eigenvalue weighted by molar-refractivity contribution is 5.71. The van der Waals surface area contributed by atoms with Gasteiger partial charge in [0, 0.05) is 19.3 Å². The fourth-order valence-corrected chi connectivity index (χ4v) is 8.55. The SMILES string of the molecule is CC/C=C\C/C=C\C/C=C\C/C=C\C/C=C\C/C=C\CCC(=O)OC(COC(=O)CCCCCCCCC/C=C\C/C=C\C/C=C\C/C=C\C/C=C\CC)COC(=O)CCCCCCCCCCC/C=C\CCCCCCCC. The van der Waals surface area contributed by atoms with Crippen molar-refractivity contribution in [2.75, 3.05) is 13.2 Å². The van der Waals surface area contributed by atoms with Gasteiger partial charge in [0.25, 0.3) is 0 Å². The second-order valence-electron chi connectivity index (χ2n) is 20.9. The number of ether oxygens (including phenoxy) is 3. The van der Waals surface area contributed by atoms with Crippen molar-refractivity contribution in [3.05, 3.63) is 146 Å². The van der Waals surface area contributed by atoms with Crippen molar-refractivity contribution >= 4 is 17.9 Å². The minimum atomic E-state index is -0.832. The van der Waals surface area contributed by atoms with Crippen molar-refractivity contribution in [3.8, 4) is 0 Å². The lowest BCUT2D eigenvalue weighted by molar-refractivity contribution is -0.166. The summed E-state index contributed by atoms with van der Waals surface area (Å²) in [6.45, 7) is 6.35. The molecule has 0 heterocycles. The van der Waals surface area contributed by atoms with Gasteiger partial charge in [-0.1, -0.05) is 276 Å². The van der Waals surface area contributed by atoms with Crippen LogP contribution >= 0.6 is 0 Å². The molecule has 0 aliphatic rings. The minimum Gasteiger partial charge on any atom is -0.462 e. The number of hydrogen-bond acceptors (Lipinski definition) is 6. The Hall–Kier alpha value is -4.71. The molecule has 0 fully saturated rings. The molecular weight excluding hydrogens is 973 g/mol. The van der Waals surface area contributed by atoms with Crippen LogP contribution in [0.3, 0.4) is 0 Å². The van der Waals surface area contributed by atoms with Gasteiger partial charge in [0.1, 0.15) is 13.2 Å². The van der Waals surface area contributed by atoms with Crippen molar-refractivity contribution in [2.24, 2.45) is 0 Å². The van der Waals surface area contributed by atoms with Crippen LogP contribution in [0.1, 0.15) is 278 Å². The summed E-state index contributed by atoms with van der Waals surface area (Å²) in [6, 6.07) is 0. The van der Waals surface area contributed by atoms with E-state index in [-0.39, 0.29) is 31.6 Å². The Kier molecular flexibility index (Phi) is 61.9. The standard InChI is InChI=1S/C73H118O6/c1-4-7-10-13-16-19-22-25-28-31-34-35-36-37-40-42-45-48-51-54-57-60-63-66-72(75)78-69-70(79-73(76)67-64-61-58-55-52-49-46-43-39-33-30-27-24-21-18-15-12-9-6-3)68-77-71(74)65-62-59-56-53-50-47-44-41-38-32-29-26-23-20-17-14-11-8-5-2/h7,9-10,12,16,18-19,21,25-30,34-35,37,39-40,43,49,52,58,61,70H,4-6,8,11,13-15,17,20,22-24,31-33,36,38,41-42,44-48,50-51,53-57,59-60,62-69H2,1-3H3/b10-7-,12-9-,19-16-,21-18-,28-25-,29-26-,30-27-,35-34-,40-37-,43-39-,52-49-,61-58-. The zero-order valence-electron chi connectivity index (χ0n) is 51.1. The number of allylic oxidation sites excluding steroid dienone is 24. The quantitative estimate of drug-likeness (QED) is 0.0261. The smallest absolute Gasteiger partial charge is 0.306 e. The van der Waals surface area contributed by atoms with Gasteiger partial charge in [-0.3, -0.25) is 14.4 Å². The van der Waals surface area contributed by atoms with Gasteiger partial charge in [0.2, 0.25) is 0 Å². The highest BCUT2D eigenvalue weighted by Gasteiger charge is 2.19. The zero-order chi connectivity index (χ0) is 57.1. The molecule has 0 saturated carbocycles. The van der Waals surface area contributed by atoms with E-state index in [2.05, 4.69) is 161 Å². The molecule has 0 amide bonds. The van der Waals surface area contributed by atoms with Crippen molar-refractivity contribution in [1.82, 2.24) is 0 Å². The Morgan fingerprint density at radius 1 is 0.266 bits per heavy atom. The van der Waals surface area contributed by atoms with Crippen molar-refractivity contribution in [2.45, 2.75) is 284 Å². The first-order valence-corrected chi connectivity index (χ1v) is 32.3. The molecule has 0 radical (unpaired) electrons. The first kappa shape index (κ1) is 74.3. The second-order valence-corrected chi connectivity index (χ2v) is 20.9. The Bertz CT molecular complexity index is 1730. The summed E-state index contributed by atoms with van der Waals surface area (Å²) < 4.78 is 16.9. The average molecular weight is 1090 g/mol. The summed E-state index contributed by atoms with van der Waals surface area (Å²) in [4.78, 5) is 38.3. The zero-order valence-corrected chi connectivity index (χ0v) is 51.1. The van der Waals surface area contributed by atoms with Crippen LogP contribution in [0.25, 0.3) is 0 Å². The Balaban J connectivity index is 4.52. The lowest BCUT2D eigenvalue weighted by Gasteiger charge is -2.18. The van der Waals surface area contributed by atoms with E-state index < -0.39 is 12.1 Å². The van der Waals surface area contributed by atoms with Crippen LogP contribution in [-0.4, -0.2) is 37.2 Å². The molecule has 0 aromatic carbocycles. The molecule has 446 valence electrons. The molecule has 0 aliphatic carbocycles. The molecule has 0 spiro atoms. The van der Waals surface area contributed by atoms with Crippen molar-refractivity contribution in [3.63, 3.8) is 0 Å². The molecule has 1 atom stereocenters. The molecular formula is C73H118O6. The number of carbonyl (C=O) groups excluding carboxylic acids is 3. The van der Waals surface area contributed by atoms with Gasteiger partial charge in [0.05, 0.1) is 0 Å². The monoisotopic (exact) mass is 1090 g/mol. The normalized spacial score (nSPS) is 13.1. The van der Waals surface area contributed by atoms with E-state index in [4.69, 9.17) is 14.2 Å². The molecule has 0 bridgehead atoms. The first-order valence-electron chi connectivity index (χ1n) is 32.3. The highest BCUT2D eigenvalue weighted by Crippen LogP contribution is 2.15. The van der Waals surface area contributed by atoms with E-state index in [1.807, 2.05) is 6.08 Å². The molecule has 0 saturated heterocycles. The van der Waals surface area contributed by atoms with E-state index >= 15 is 0 Å². The Morgan fingerprint density at radius 2 is 0.519 bits per heavy atom. The van der Waals surface area contributed by atoms with Crippen LogP contribution < -0.4 is 0 Å². The van der Waals surface area contributed by atoms with Gasteiger partial charge in [0.15, 0.2) is 6.10 Å². The largest absolute Gasteiger partial charge is 0.462 e. The van der Waals surface area contributed by atoms with Gasteiger partial charge < -0.3 is 14.2 Å². The summed E-state index contributed by atoms with van der Waals surface area (Å²) in [6.07, 6.45) is 94.3. The molecule has 1 unspecified atom stereocenters. The van der Waals surface area contributed by atoms with Gasteiger partial charge in [-0.2, -0.15) is 0 Å². The number of esters is 3. The van der Waals surface area contributed by atoms with Gasteiger partial charge in [-0.05, 0) is 128 Å². The van der Waals surface area contributed by atoms with Gasteiger partial charge in [-0.15, -0.1) is 0 Å². The predicted octanol–water partition coefficient (Wildman–Crippen LogP) is 22.3. The van der Waals surface area contributed by atoms with Crippen LogP contribution in [0.5, 0.6) is 0 Å². The number of hydrogen-bond donors (Lipinski definition) is 0. The molecule has 0 aromatic rings. The summed E-state index contributed by atoms with van der Waals surface area (Å²) >= 11 is 0. The maximum atomic E-state index is 12.9. The number of rotatable bonds is 57. The van der Waals surface area contributed by atoms with E-state index in [0.717, 1.165) is 116 Å². The molecule has 79 heavy (non-hydrogen) atoms. The van der Waals surface area contributed by atoms with Gasteiger partial charge >= 0.3 is 17.9 Å². The lowest BCUT2D eigenvalue weighted by Crippen LogP contribution is -2.30. The lowest BCUT2D eigenvalue weighted by atomic mass is 10.1. The fourth-order valence-electron chi connectivity index (χ4n) is 8.55. The van der Waals surface area contributed by atoms with E-state index in [1.54, 1.807) is 0 Å². The van der Waals surface area contributed by atoms with Crippen molar-refractivity contribution in [1.29, 1.82) is 0 Å². The minimum absolute atomic E-state index is 0.117. The van der Waals surface area contributed by atoms with Gasteiger partial charge in [-0.25, -0.2) is 0 Å². The van der Waals surface area contributed by atoms with E-state index in [1.165, 1.54) is 116 Å².